The van der Waals surface area contributed by atoms with Crippen molar-refractivity contribution in [2.45, 2.75) is 12.5 Å². The molecule has 2 rings (SSSR count). The highest BCUT2D eigenvalue weighted by atomic mass is 16.6. The van der Waals surface area contributed by atoms with Crippen LogP contribution >= 0.6 is 0 Å². The SMILES string of the molecule is O=[N+]([O-])c1cc(C2CCN2)n[nH]1. The van der Waals surface area contributed by atoms with Gasteiger partial charge in [-0.1, -0.05) is 5.10 Å². The van der Waals surface area contributed by atoms with Crippen LogP contribution in [0.15, 0.2) is 6.07 Å². The van der Waals surface area contributed by atoms with Gasteiger partial charge in [0.05, 0.1) is 12.1 Å². The Morgan fingerprint density at radius 1 is 1.75 bits per heavy atom. The van der Waals surface area contributed by atoms with E-state index in [0.29, 0.717) is 0 Å². The number of hydrogen-bond donors (Lipinski definition) is 2. The summed E-state index contributed by atoms with van der Waals surface area (Å²) in [5, 5.41) is 19.6. The standard InChI is InChI=1S/C6H8N4O2/c11-10(12)6-3-5(8-9-6)4-1-2-7-4/h3-4,7H,1-2H2,(H,8,9). The molecule has 0 amide bonds. The van der Waals surface area contributed by atoms with Crippen molar-refractivity contribution in [3.8, 4) is 0 Å². The summed E-state index contributed by atoms with van der Waals surface area (Å²) in [6.45, 7) is 0.964. The van der Waals surface area contributed by atoms with Crippen molar-refractivity contribution in [1.29, 1.82) is 0 Å². The molecule has 0 radical (unpaired) electrons. The lowest BCUT2D eigenvalue weighted by atomic mass is 10.0. The zero-order valence-electron chi connectivity index (χ0n) is 6.28. The summed E-state index contributed by atoms with van der Waals surface area (Å²) < 4.78 is 0. The normalized spacial score (nSPS) is 21.8. The van der Waals surface area contributed by atoms with Gasteiger partial charge in [-0.25, -0.2) is 0 Å². The van der Waals surface area contributed by atoms with Gasteiger partial charge in [-0.15, -0.1) is 5.10 Å². The second-order valence-corrected chi connectivity index (χ2v) is 2.73. The molecule has 1 atom stereocenters. The second-order valence-electron chi connectivity index (χ2n) is 2.73. The molecule has 1 unspecified atom stereocenters. The summed E-state index contributed by atoms with van der Waals surface area (Å²) in [6, 6.07) is 1.67. The first kappa shape index (κ1) is 7.23. The number of aromatic nitrogens is 2. The number of nitro groups is 1. The average molecular weight is 168 g/mol. The van der Waals surface area contributed by atoms with Crippen LogP contribution in [0.5, 0.6) is 0 Å². The minimum atomic E-state index is -0.477. The van der Waals surface area contributed by atoms with E-state index in [4.69, 9.17) is 0 Å². The van der Waals surface area contributed by atoms with Gasteiger partial charge in [0.2, 0.25) is 0 Å². The molecule has 6 heteroatoms. The predicted octanol–water partition coefficient (Wildman–Crippen LogP) is 0.352. The van der Waals surface area contributed by atoms with E-state index in [1.54, 1.807) is 0 Å². The maximum atomic E-state index is 10.3. The molecule has 2 N–H and O–H groups in total. The number of aromatic amines is 1. The van der Waals surface area contributed by atoms with E-state index in [0.717, 1.165) is 18.7 Å². The second kappa shape index (κ2) is 2.56. The average Bonchev–Trinajstić information content (AvgIpc) is 2.32. The zero-order chi connectivity index (χ0) is 8.55. The molecule has 0 aliphatic carbocycles. The van der Waals surface area contributed by atoms with Crippen molar-refractivity contribution in [3.05, 3.63) is 21.9 Å². The lowest BCUT2D eigenvalue weighted by molar-refractivity contribution is -0.389. The van der Waals surface area contributed by atoms with Crippen LogP contribution in [0.25, 0.3) is 0 Å². The molecule has 0 spiro atoms. The van der Waals surface area contributed by atoms with E-state index in [2.05, 4.69) is 15.5 Å². The summed E-state index contributed by atoms with van der Waals surface area (Å²) in [5.41, 5.74) is 0.730. The third-order valence-electron chi connectivity index (χ3n) is 1.96. The van der Waals surface area contributed by atoms with Crippen LogP contribution in [0, 0.1) is 10.1 Å². The molecule has 1 aliphatic rings. The Balaban J connectivity index is 2.17. The van der Waals surface area contributed by atoms with Gasteiger partial charge >= 0.3 is 5.82 Å². The summed E-state index contributed by atoms with van der Waals surface area (Å²) >= 11 is 0. The van der Waals surface area contributed by atoms with Crippen LogP contribution in [-0.4, -0.2) is 21.7 Å². The topological polar surface area (TPSA) is 83.8 Å². The molecule has 12 heavy (non-hydrogen) atoms. The van der Waals surface area contributed by atoms with Gasteiger partial charge < -0.3 is 15.4 Å². The minimum Gasteiger partial charge on any atom is -0.358 e. The molecule has 0 aromatic carbocycles. The summed E-state index contributed by atoms with van der Waals surface area (Å²) in [4.78, 5) is 9.78. The number of rotatable bonds is 2. The number of H-pyrrole nitrogens is 1. The fraction of sp³-hybridized carbons (Fsp3) is 0.500. The van der Waals surface area contributed by atoms with E-state index in [-0.39, 0.29) is 11.9 Å². The molecule has 1 aromatic heterocycles. The first-order chi connectivity index (χ1) is 5.77. The fourth-order valence-electron chi connectivity index (χ4n) is 1.14. The number of nitrogens with one attached hydrogen (secondary N) is 2. The van der Waals surface area contributed by atoms with Crippen LogP contribution in [0.2, 0.25) is 0 Å². The highest BCUT2D eigenvalue weighted by Gasteiger charge is 2.23. The molecule has 6 nitrogen and oxygen atoms in total. The highest BCUT2D eigenvalue weighted by Crippen LogP contribution is 2.22. The molecule has 1 fully saturated rings. The van der Waals surface area contributed by atoms with Crippen molar-refractivity contribution in [3.63, 3.8) is 0 Å². The number of nitrogens with zero attached hydrogens (tertiary/aromatic N) is 2. The van der Waals surface area contributed by atoms with Crippen LogP contribution in [0.3, 0.4) is 0 Å². The van der Waals surface area contributed by atoms with Crippen molar-refractivity contribution in [1.82, 2.24) is 15.5 Å². The minimum absolute atomic E-state index is 0.0429. The summed E-state index contributed by atoms with van der Waals surface area (Å²) in [7, 11) is 0. The molecule has 1 aliphatic heterocycles. The smallest absolute Gasteiger partial charge is 0.342 e. The quantitative estimate of drug-likeness (QED) is 0.493. The Morgan fingerprint density at radius 2 is 2.50 bits per heavy atom. The molecule has 2 heterocycles. The molecular weight excluding hydrogens is 160 g/mol. The molecular formula is C6H8N4O2. The summed E-state index contributed by atoms with van der Waals surface area (Å²) in [6.07, 6.45) is 1.00. The molecule has 0 saturated carbocycles. The third-order valence-corrected chi connectivity index (χ3v) is 1.96. The Bertz CT molecular complexity index is 304. The number of hydrogen-bond acceptors (Lipinski definition) is 4. The molecule has 1 aromatic rings. The van der Waals surface area contributed by atoms with Gasteiger partial charge in [0, 0.05) is 0 Å². The lowest BCUT2D eigenvalue weighted by Crippen LogP contribution is -2.35. The fourth-order valence-corrected chi connectivity index (χ4v) is 1.14. The lowest BCUT2D eigenvalue weighted by Gasteiger charge is -2.24. The summed E-state index contributed by atoms with van der Waals surface area (Å²) in [5.74, 6) is -0.0429. The van der Waals surface area contributed by atoms with E-state index in [9.17, 15) is 10.1 Å². The van der Waals surface area contributed by atoms with Crippen molar-refractivity contribution in [2.75, 3.05) is 6.54 Å². The van der Waals surface area contributed by atoms with Gasteiger partial charge in [-0.05, 0) is 17.9 Å². The molecule has 0 bridgehead atoms. The van der Waals surface area contributed by atoms with Crippen LogP contribution in [0.1, 0.15) is 18.2 Å². The maximum Gasteiger partial charge on any atom is 0.342 e. The van der Waals surface area contributed by atoms with E-state index >= 15 is 0 Å². The van der Waals surface area contributed by atoms with E-state index in [1.165, 1.54) is 6.07 Å². The molecule has 1 saturated heterocycles. The van der Waals surface area contributed by atoms with E-state index in [1.807, 2.05) is 0 Å². The largest absolute Gasteiger partial charge is 0.358 e. The predicted molar refractivity (Wildman–Crippen MR) is 40.6 cm³/mol. The Kier molecular flexibility index (Phi) is 1.54. The van der Waals surface area contributed by atoms with Crippen LogP contribution in [0.4, 0.5) is 5.82 Å². The Labute approximate surface area is 68.1 Å². The highest BCUT2D eigenvalue weighted by molar-refractivity contribution is 5.23. The van der Waals surface area contributed by atoms with Gasteiger partial charge in [0.15, 0.2) is 0 Å². The van der Waals surface area contributed by atoms with Gasteiger partial charge in [-0.2, -0.15) is 0 Å². The molecule has 64 valence electrons. The first-order valence-corrected chi connectivity index (χ1v) is 3.70. The van der Waals surface area contributed by atoms with Gasteiger partial charge in [0.1, 0.15) is 5.69 Å². The van der Waals surface area contributed by atoms with Crippen molar-refractivity contribution in [2.24, 2.45) is 0 Å². The Hall–Kier alpha value is -1.43. The maximum absolute atomic E-state index is 10.3. The van der Waals surface area contributed by atoms with Gasteiger partial charge in [0.25, 0.3) is 0 Å². The first-order valence-electron chi connectivity index (χ1n) is 3.70. The zero-order valence-corrected chi connectivity index (χ0v) is 6.28. The van der Waals surface area contributed by atoms with E-state index < -0.39 is 4.92 Å². The Morgan fingerprint density at radius 3 is 2.92 bits per heavy atom. The van der Waals surface area contributed by atoms with Gasteiger partial charge in [-0.3, -0.25) is 0 Å². The van der Waals surface area contributed by atoms with Crippen molar-refractivity contribution < 1.29 is 4.92 Å². The monoisotopic (exact) mass is 168 g/mol. The third kappa shape index (κ3) is 1.06. The van der Waals surface area contributed by atoms with Crippen LogP contribution < -0.4 is 5.32 Å². The van der Waals surface area contributed by atoms with Crippen molar-refractivity contribution >= 4 is 5.82 Å². The van der Waals surface area contributed by atoms with Crippen LogP contribution in [-0.2, 0) is 0 Å².